The van der Waals surface area contributed by atoms with Crippen LogP contribution in [0.3, 0.4) is 0 Å². The van der Waals surface area contributed by atoms with E-state index in [-0.39, 0.29) is 17.9 Å². The van der Waals surface area contributed by atoms with Gasteiger partial charge < -0.3 is 19.1 Å². The number of carboxylic acid groups (broad SMARTS) is 1. The van der Waals surface area contributed by atoms with Gasteiger partial charge >= 0.3 is 12.1 Å². The van der Waals surface area contributed by atoms with Gasteiger partial charge in [0, 0.05) is 0 Å². The third kappa shape index (κ3) is 5.38. The number of ether oxygens (including phenoxy) is 2. The lowest BCUT2D eigenvalue weighted by atomic mass is 9.82. The number of amides is 1. The molecule has 2 N–H and O–H groups in total. The van der Waals surface area contributed by atoms with Crippen molar-refractivity contribution >= 4 is 17.7 Å². The molecule has 2 aliphatic rings. The molecule has 0 aromatic carbocycles. The number of nitrogens with zero attached hydrogens (tertiary/aromatic N) is 2. The smallest absolute Gasteiger partial charge is 0.412 e. The topological polar surface area (TPSA) is 124 Å². The highest BCUT2D eigenvalue weighted by molar-refractivity contribution is 5.90. The van der Waals surface area contributed by atoms with E-state index in [1.165, 1.54) is 0 Å². The molecule has 4 rings (SSSR count). The molecular weight excluding hydrogens is 414 g/mol. The first-order valence-electron chi connectivity index (χ1n) is 11.2. The predicted molar refractivity (Wildman–Crippen MR) is 115 cm³/mol. The quantitative estimate of drug-likeness (QED) is 0.604. The fourth-order valence-corrected chi connectivity index (χ4v) is 4.13. The second kappa shape index (κ2) is 9.58. The van der Waals surface area contributed by atoms with Gasteiger partial charge in [-0.15, -0.1) is 0 Å². The highest BCUT2D eigenvalue weighted by atomic mass is 16.6. The Balaban J connectivity index is 1.35. The molecule has 0 spiro atoms. The minimum absolute atomic E-state index is 0.122. The van der Waals surface area contributed by atoms with Gasteiger partial charge in [0.1, 0.15) is 28.9 Å². The Morgan fingerprint density at radius 3 is 2.78 bits per heavy atom. The van der Waals surface area contributed by atoms with Gasteiger partial charge in [0.05, 0.1) is 18.7 Å². The molecule has 2 aromatic heterocycles. The molecule has 9 heteroatoms. The molecule has 32 heavy (non-hydrogen) atoms. The van der Waals surface area contributed by atoms with Crippen LogP contribution in [0.1, 0.15) is 51.1 Å². The van der Waals surface area contributed by atoms with E-state index < -0.39 is 12.1 Å². The summed E-state index contributed by atoms with van der Waals surface area (Å²) < 4.78 is 16.7. The molecule has 9 nitrogen and oxygen atoms in total. The van der Waals surface area contributed by atoms with Crippen molar-refractivity contribution in [3.63, 3.8) is 0 Å². The van der Waals surface area contributed by atoms with Crippen LogP contribution in [0.15, 0.2) is 22.9 Å². The zero-order chi connectivity index (χ0) is 22.7. The van der Waals surface area contributed by atoms with E-state index in [1.807, 2.05) is 6.92 Å². The second-order valence-electron chi connectivity index (χ2n) is 8.80. The summed E-state index contributed by atoms with van der Waals surface area (Å²) >= 11 is 0. The van der Waals surface area contributed by atoms with Crippen molar-refractivity contribution in [3.05, 3.63) is 24.0 Å². The third-order valence-corrected chi connectivity index (χ3v) is 6.26. The fraction of sp³-hybridized carbons (Fsp3) is 0.565. The lowest BCUT2D eigenvalue weighted by molar-refractivity contribution is -0.143. The van der Waals surface area contributed by atoms with Gasteiger partial charge in [-0.05, 0) is 69.9 Å². The first-order valence-corrected chi connectivity index (χ1v) is 11.2. The number of aliphatic carboxylic acids is 1. The summed E-state index contributed by atoms with van der Waals surface area (Å²) in [6, 6.07) is 3.51. The zero-order valence-corrected chi connectivity index (χ0v) is 18.4. The van der Waals surface area contributed by atoms with Crippen molar-refractivity contribution in [2.24, 2.45) is 17.8 Å². The number of carboxylic acids is 1. The second-order valence-corrected chi connectivity index (χ2v) is 8.80. The van der Waals surface area contributed by atoms with Crippen molar-refractivity contribution < 1.29 is 28.7 Å². The maximum Gasteiger partial charge on any atom is 0.412 e. The summed E-state index contributed by atoms with van der Waals surface area (Å²) in [5, 5.41) is 15.9. The van der Waals surface area contributed by atoms with Crippen molar-refractivity contribution in [2.45, 2.75) is 58.5 Å². The van der Waals surface area contributed by atoms with E-state index in [2.05, 4.69) is 15.5 Å². The number of aryl methyl sites for hydroxylation is 1. The molecule has 1 amide bonds. The molecule has 2 aliphatic carbocycles. The van der Waals surface area contributed by atoms with E-state index >= 15 is 0 Å². The molecule has 2 saturated carbocycles. The minimum Gasteiger partial charge on any atom is -0.492 e. The van der Waals surface area contributed by atoms with Crippen LogP contribution in [0.4, 0.5) is 10.5 Å². The highest BCUT2D eigenvalue weighted by Crippen LogP contribution is 2.35. The first-order chi connectivity index (χ1) is 15.4. The van der Waals surface area contributed by atoms with Crippen LogP contribution in [-0.4, -0.2) is 40.0 Å². The molecular formula is C23H29N3O6. The van der Waals surface area contributed by atoms with E-state index in [4.69, 9.17) is 14.0 Å². The molecule has 0 radical (unpaired) electrons. The molecule has 1 unspecified atom stereocenters. The van der Waals surface area contributed by atoms with Gasteiger partial charge in [0.25, 0.3) is 0 Å². The van der Waals surface area contributed by atoms with Crippen LogP contribution in [0.2, 0.25) is 0 Å². The largest absolute Gasteiger partial charge is 0.492 e. The van der Waals surface area contributed by atoms with Crippen LogP contribution in [0.5, 0.6) is 5.75 Å². The maximum atomic E-state index is 12.3. The van der Waals surface area contributed by atoms with Gasteiger partial charge in [-0.2, -0.15) is 0 Å². The van der Waals surface area contributed by atoms with Crippen LogP contribution in [0, 0.1) is 24.7 Å². The number of pyridine rings is 1. The van der Waals surface area contributed by atoms with Crippen molar-refractivity contribution in [2.75, 3.05) is 11.9 Å². The minimum atomic E-state index is -0.724. The van der Waals surface area contributed by atoms with Gasteiger partial charge in [0.2, 0.25) is 5.76 Å². The Morgan fingerprint density at radius 2 is 2.09 bits per heavy atom. The Labute approximate surface area is 186 Å². The number of hydrogen-bond donors (Lipinski definition) is 2. The molecule has 3 atom stereocenters. The summed E-state index contributed by atoms with van der Waals surface area (Å²) in [4.78, 5) is 27.9. The average molecular weight is 444 g/mol. The van der Waals surface area contributed by atoms with Crippen LogP contribution in [-0.2, 0) is 9.53 Å². The Morgan fingerprint density at radius 1 is 1.28 bits per heavy atom. The standard InChI is InChI=1S/C23H29N3O6/c1-13-20(25-23(29)31-14(2)16-6-7-16)21(32-26-13)19-9-8-18(11-24-19)30-12-15-4-3-5-17(10-15)22(27)28/h8-9,11,14-17H,3-7,10,12H2,1-2H3,(H,25,29)(H,27,28)/t14-,15?,17+/m1/s1. The Hall–Kier alpha value is -3.10. The number of aromatic nitrogens is 2. The van der Waals surface area contributed by atoms with E-state index in [9.17, 15) is 14.7 Å². The van der Waals surface area contributed by atoms with Gasteiger partial charge in [-0.1, -0.05) is 11.6 Å². The number of nitrogens with one attached hydrogen (secondary N) is 1. The zero-order valence-electron chi connectivity index (χ0n) is 18.4. The first kappa shape index (κ1) is 22.1. The molecule has 2 heterocycles. The van der Waals surface area contributed by atoms with Crippen LogP contribution >= 0.6 is 0 Å². The molecule has 0 bridgehead atoms. The summed E-state index contributed by atoms with van der Waals surface area (Å²) in [6.07, 6.45) is 6.36. The summed E-state index contributed by atoms with van der Waals surface area (Å²) in [7, 11) is 0. The summed E-state index contributed by atoms with van der Waals surface area (Å²) in [5.41, 5.74) is 1.47. The maximum absolute atomic E-state index is 12.3. The number of carbonyl (C=O) groups excluding carboxylic acids is 1. The summed E-state index contributed by atoms with van der Waals surface area (Å²) in [5.74, 6) is 0.606. The molecule has 0 saturated heterocycles. The monoisotopic (exact) mass is 443 g/mol. The van der Waals surface area contributed by atoms with E-state index in [1.54, 1.807) is 25.3 Å². The van der Waals surface area contributed by atoms with Crippen LogP contribution < -0.4 is 10.1 Å². The lowest BCUT2D eigenvalue weighted by Crippen LogP contribution is -2.26. The van der Waals surface area contributed by atoms with Crippen molar-refractivity contribution in [1.29, 1.82) is 0 Å². The van der Waals surface area contributed by atoms with Crippen molar-refractivity contribution in [1.82, 2.24) is 10.1 Å². The van der Waals surface area contributed by atoms with Gasteiger partial charge in [0.15, 0.2) is 0 Å². The van der Waals surface area contributed by atoms with Crippen molar-refractivity contribution in [3.8, 4) is 17.2 Å². The Kier molecular flexibility index (Phi) is 6.62. The average Bonchev–Trinajstić information content (AvgIpc) is 3.58. The van der Waals surface area contributed by atoms with E-state index in [0.29, 0.717) is 47.5 Å². The Bertz CT molecular complexity index is 953. The third-order valence-electron chi connectivity index (χ3n) is 6.26. The molecule has 172 valence electrons. The predicted octanol–water partition coefficient (Wildman–Crippen LogP) is 4.66. The SMILES string of the molecule is Cc1noc(-c2ccc(OCC3CCC[C@H](C(=O)O)C3)cn2)c1NC(=O)O[C@H](C)C1CC1. The number of anilines is 1. The van der Waals surface area contributed by atoms with Gasteiger partial charge in [-0.3, -0.25) is 10.1 Å². The number of carbonyl (C=O) groups is 2. The normalized spacial score (nSPS) is 21.6. The van der Waals surface area contributed by atoms with E-state index in [0.717, 1.165) is 32.1 Å². The molecule has 2 aromatic rings. The van der Waals surface area contributed by atoms with Crippen LogP contribution in [0.25, 0.3) is 11.5 Å². The highest BCUT2D eigenvalue weighted by Gasteiger charge is 2.31. The lowest BCUT2D eigenvalue weighted by Gasteiger charge is -2.26. The number of rotatable bonds is 8. The van der Waals surface area contributed by atoms with Gasteiger partial charge in [-0.25, -0.2) is 9.78 Å². The fourth-order valence-electron chi connectivity index (χ4n) is 4.13. The summed E-state index contributed by atoms with van der Waals surface area (Å²) in [6.45, 7) is 4.09. The number of hydrogen-bond acceptors (Lipinski definition) is 7. The molecule has 2 fully saturated rings. The molecule has 0 aliphatic heterocycles.